The van der Waals surface area contributed by atoms with Crippen molar-refractivity contribution in [3.05, 3.63) is 30.1 Å². The van der Waals surface area contributed by atoms with Gasteiger partial charge in [-0.3, -0.25) is 0 Å². The second kappa shape index (κ2) is 4.77. The van der Waals surface area contributed by atoms with Crippen LogP contribution in [-0.2, 0) is 0 Å². The van der Waals surface area contributed by atoms with Gasteiger partial charge in [0.05, 0.1) is 0 Å². The van der Waals surface area contributed by atoms with Crippen molar-refractivity contribution in [2.75, 3.05) is 18.4 Å². The average molecular weight is 186 g/mol. The molecule has 13 heavy (non-hydrogen) atoms. The number of nitrogens with one attached hydrogen (secondary N) is 1. The number of rotatable bonds is 4. The highest BCUT2D eigenvalue weighted by atomic mass is 19.1. The van der Waals surface area contributed by atoms with Gasteiger partial charge in [0, 0.05) is 18.8 Å². The topological polar surface area (TPSA) is 38.0 Å². The Morgan fingerprint density at radius 2 is 1.92 bits per heavy atom. The van der Waals surface area contributed by atoms with E-state index in [9.17, 15) is 8.78 Å². The Balaban J connectivity index is 2.41. The summed E-state index contributed by atoms with van der Waals surface area (Å²) >= 11 is 0. The number of hydrogen-bond donors (Lipinski definition) is 2. The summed E-state index contributed by atoms with van der Waals surface area (Å²) in [6.07, 6.45) is -1.06. The Morgan fingerprint density at radius 3 is 2.46 bits per heavy atom. The SMILES string of the molecule is NCC(F)CNc1ccc(F)cc1. The Morgan fingerprint density at radius 1 is 1.31 bits per heavy atom. The summed E-state index contributed by atoms with van der Waals surface area (Å²) in [7, 11) is 0. The first kappa shape index (κ1) is 9.92. The van der Waals surface area contributed by atoms with Crippen LogP contribution < -0.4 is 11.1 Å². The molecule has 1 rings (SSSR count). The number of alkyl halides is 1. The molecule has 0 heterocycles. The van der Waals surface area contributed by atoms with E-state index >= 15 is 0 Å². The molecule has 3 N–H and O–H groups in total. The largest absolute Gasteiger partial charge is 0.382 e. The minimum atomic E-state index is -1.06. The molecule has 1 unspecified atom stereocenters. The van der Waals surface area contributed by atoms with Crippen LogP contribution in [0.4, 0.5) is 14.5 Å². The third-order valence-electron chi connectivity index (χ3n) is 1.63. The molecule has 1 aromatic rings. The van der Waals surface area contributed by atoms with Crippen LogP contribution in [0.2, 0.25) is 0 Å². The lowest BCUT2D eigenvalue weighted by Gasteiger charge is -2.08. The van der Waals surface area contributed by atoms with Crippen LogP contribution in [0.1, 0.15) is 0 Å². The van der Waals surface area contributed by atoms with Crippen molar-refractivity contribution in [2.24, 2.45) is 5.73 Å². The molecule has 72 valence electrons. The summed E-state index contributed by atoms with van der Waals surface area (Å²) < 4.78 is 25.1. The second-order valence-corrected chi connectivity index (χ2v) is 2.72. The molecule has 0 spiro atoms. The van der Waals surface area contributed by atoms with E-state index in [1.807, 2.05) is 0 Å². The monoisotopic (exact) mass is 186 g/mol. The van der Waals surface area contributed by atoms with E-state index in [-0.39, 0.29) is 18.9 Å². The standard InChI is InChI=1S/C9H12F2N2/c10-7-1-3-9(4-2-7)13-6-8(11)5-12/h1-4,8,13H,5-6,12H2. The van der Waals surface area contributed by atoms with Crippen molar-refractivity contribution in [3.8, 4) is 0 Å². The number of benzene rings is 1. The molecule has 0 radical (unpaired) electrons. The lowest BCUT2D eigenvalue weighted by atomic mass is 10.3. The maximum Gasteiger partial charge on any atom is 0.129 e. The van der Waals surface area contributed by atoms with Crippen LogP contribution in [-0.4, -0.2) is 19.3 Å². The van der Waals surface area contributed by atoms with Crippen molar-refractivity contribution in [1.29, 1.82) is 0 Å². The van der Waals surface area contributed by atoms with Gasteiger partial charge in [-0.2, -0.15) is 0 Å². The number of hydrogen-bond acceptors (Lipinski definition) is 2. The Labute approximate surface area is 75.7 Å². The van der Waals surface area contributed by atoms with Crippen molar-refractivity contribution in [1.82, 2.24) is 0 Å². The van der Waals surface area contributed by atoms with Gasteiger partial charge < -0.3 is 11.1 Å². The smallest absolute Gasteiger partial charge is 0.129 e. The molecule has 0 aromatic heterocycles. The fraction of sp³-hybridized carbons (Fsp3) is 0.333. The Bertz CT molecular complexity index is 248. The van der Waals surface area contributed by atoms with Gasteiger partial charge in [0.25, 0.3) is 0 Å². The van der Waals surface area contributed by atoms with Gasteiger partial charge in [-0.05, 0) is 24.3 Å². The van der Waals surface area contributed by atoms with E-state index in [0.717, 1.165) is 0 Å². The summed E-state index contributed by atoms with van der Waals surface area (Å²) in [6, 6.07) is 5.74. The van der Waals surface area contributed by atoms with E-state index < -0.39 is 6.17 Å². The van der Waals surface area contributed by atoms with Gasteiger partial charge in [0.1, 0.15) is 12.0 Å². The lowest BCUT2D eigenvalue weighted by Crippen LogP contribution is -2.23. The molecule has 0 amide bonds. The van der Waals surface area contributed by atoms with E-state index in [1.165, 1.54) is 12.1 Å². The highest BCUT2D eigenvalue weighted by Crippen LogP contribution is 2.08. The zero-order chi connectivity index (χ0) is 9.68. The first-order valence-electron chi connectivity index (χ1n) is 4.06. The minimum Gasteiger partial charge on any atom is -0.382 e. The maximum absolute atomic E-state index is 12.6. The third-order valence-corrected chi connectivity index (χ3v) is 1.63. The van der Waals surface area contributed by atoms with E-state index in [4.69, 9.17) is 5.73 Å². The molecule has 0 aliphatic heterocycles. The average Bonchev–Trinajstić information content (AvgIpc) is 2.16. The van der Waals surface area contributed by atoms with Crippen molar-refractivity contribution in [2.45, 2.75) is 6.17 Å². The molecule has 4 heteroatoms. The number of nitrogens with two attached hydrogens (primary N) is 1. The van der Waals surface area contributed by atoms with Crippen LogP contribution >= 0.6 is 0 Å². The zero-order valence-corrected chi connectivity index (χ0v) is 7.13. The minimum absolute atomic E-state index is 0.00576. The summed E-state index contributed by atoms with van der Waals surface area (Å²) in [5.41, 5.74) is 5.78. The molecule has 0 aliphatic carbocycles. The van der Waals surface area contributed by atoms with Crippen LogP contribution in [0.25, 0.3) is 0 Å². The van der Waals surface area contributed by atoms with Gasteiger partial charge in [-0.25, -0.2) is 8.78 Å². The zero-order valence-electron chi connectivity index (χ0n) is 7.13. The van der Waals surface area contributed by atoms with Crippen LogP contribution in [0.3, 0.4) is 0 Å². The fourth-order valence-corrected chi connectivity index (χ4v) is 0.880. The molecule has 1 atom stereocenters. The summed E-state index contributed by atoms with van der Waals surface area (Å²) in [6.45, 7) is 0.149. The predicted molar refractivity (Wildman–Crippen MR) is 48.8 cm³/mol. The van der Waals surface area contributed by atoms with Gasteiger partial charge in [0.2, 0.25) is 0 Å². The molecule has 0 aliphatic rings. The van der Waals surface area contributed by atoms with E-state index in [2.05, 4.69) is 5.32 Å². The summed E-state index contributed by atoms with van der Waals surface area (Å²) in [4.78, 5) is 0. The highest BCUT2D eigenvalue weighted by Gasteiger charge is 2.01. The Hall–Kier alpha value is -1.16. The molecule has 0 bridgehead atoms. The maximum atomic E-state index is 12.6. The number of anilines is 1. The molecule has 0 fully saturated rings. The lowest BCUT2D eigenvalue weighted by molar-refractivity contribution is 0.358. The Kier molecular flexibility index (Phi) is 3.64. The first-order valence-corrected chi connectivity index (χ1v) is 4.06. The highest BCUT2D eigenvalue weighted by molar-refractivity contribution is 5.42. The molecule has 0 saturated heterocycles. The molecule has 1 aromatic carbocycles. The summed E-state index contributed by atoms with van der Waals surface area (Å²) in [5.74, 6) is -0.304. The van der Waals surface area contributed by atoms with Crippen molar-refractivity contribution >= 4 is 5.69 Å². The van der Waals surface area contributed by atoms with E-state index in [0.29, 0.717) is 5.69 Å². The molecule has 2 nitrogen and oxygen atoms in total. The van der Waals surface area contributed by atoms with E-state index in [1.54, 1.807) is 12.1 Å². The van der Waals surface area contributed by atoms with Gasteiger partial charge >= 0.3 is 0 Å². The third kappa shape index (κ3) is 3.38. The molecular weight excluding hydrogens is 174 g/mol. The van der Waals surface area contributed by atoms with Crippen molar-refractivity contribution in [3.63, 3.8) is 0 Å². The molecule has 0 saturated carbocycles. The molecular formula is C9H12F2N2. The van der Waals surface area contributed by atoms with Gasteiger partial charge in [-0.1, -0.05) is 0 Å². The first-order chi connectivity index (χ1) is 6.22. The van der Waals surface area contributed by atoms with Crippen LogP contribution in [0.15, 0.2) is 24.3 Å². The van der Waals surface area contributed by atoms with Gasteiger partial charge in [-0.15, -0.1) is 0 Å². The van der Waals surface area contributed by atoms with Crippen LogP contribution in [0, 0.1) is 5.82 Å². The van der Waals surface area contributed by atoms with Crippen molar-refractivity contribution < 1.29 is 8.78 Å². The normalized spacial score (nSPS) is 12.5. The second-order valence-electron chi connectivity index (χ2n) is 2.72. The predicted octanol–water partition coefficient (Wildman–Crippen LogP) is 1.53. The summed E-state index contributed by atoms with van der Waals surface area (Å²) in [5, 5.41) is 2.80. The number of halogens is 2. The quantitative estimate of drug-likeness (QED) is 0.748. The van der Waals surface area contributed by atoms with Crippen LogP contribution in [0.5, 0.6) is 0 Å². The fourth-order valence-electron chi connectivity index (χ4n) is 0.880. The van der Waals surface area contributed by atoms with Gasteiger partial charge in [0.15, 0.2) is 0 Å².